The molecule has 2 unspecified atom stereocenters. The number of imidazole rings is 1. The fraction of sp³-hybridized carbons (Fsp3) is 0.278. The second kappa shape index (κ2) is 7.58. The Morgan fingerprint density at radius 3 is 3.00 bits per heavy atom. The lowest BCUT2D eigenvalue weighted by atomic mass is 10.2. The molecule has 0 bridgehead atoms. The van der Waals surface area contributed by atoms with Gasteiger partial charge in [0, 0.05) is 17.4 Å². The van der Waals surface area contributed by atoms with Gasteiger partial charge < -0.3 is 18.8 Å². The molecule has 5 nitrogen and oxygen atoms in total. The van der Waals surface area contributed by atoms with Crippen molar-refractivity contribution in [3.63, 3.8) is 0 Å². The summed E-state index contributed by atoms with van der Waals surface area (Å²) in [7, 11) is 0. The fourth-order valence-electron chi connectivity index (χ4n) is 2.83. The first-order valence-electron chi connectivity index (χ1n) is 8.04. The van der Waals surface area contributed by atoms with Gasteiger partial charge in [-0.05, 0) is 29.6 Å². The lowest BCUT2D eigenvalue weighted by molar-refractivity contribution is -0.186. The summed E-state index contributed by atoms with van der Waals surface area (Å²) in [6.45, 7) is 1.28. The van der Waals surface area contributed by atoms with E-state index in [9.17, 15) is 0 Å². The third-order valence-electron chi connectivity index (χ3n) is 4.02. The molecule has 0 aliphatic carbocycles. The predicted molar refractivity (Wildman–Crippen MR) is 101 cm³/mol. The van der Waals surface area contributed by atoms with Crippen molar-refractivity contribution >= 4 is 34.5 Å². The van der Waals surface area contributed by atoms with Crippen LogP contribution < -0.4 is 4.74 Å². The Morgan fingerprint density at radius 1 is 1.35 bits per heavy atom. The number of hydrogen-bond acceptors (Lipinski definition) is 5. The minimum atomic E-state index is -0.841. The molecule has 2 atom stereocenters. The van der Waals surface area contributed by atoms with Crippen molar-refractivity contribution in [2.24, 2.45) is 0 Å². The molecule has 0 amide bonds. The van der Waals surface area contributed by atoms with Crippen LogP contribution in [0, 0.1) is 0 Å². The smallest absolute Gasteiger partial charge is 0.223 e. The lowest BCUT2D eigenvalue weighted by Gasteiger charge is -2.27. The van der Waals surface area contributed by atoms with E-state index >= 15 is 0 Å². The van der Waals surface area contributed by atoms with Crippen molar-refractivity contribution in [2.75, 3.05) is 13.2 Å². The number of halogens is 2. The van der Waals surface area contributed by atoms with Crippen molar-refractivity contribution in [3.8, 4) is 5.75 Å². The molecular weight excluding hydrogens is 395 g/mol. The second-order valence-corrected chi connectivity index (χ2v) is 7.69. The Bertz CT molecular complexity index is 857. The summed E-state index contributed by atoms with van der Waals surface area (Å²) in [6.07, 6.45) is 5.16. The third-order valence-corrected chi connectivity index (χ3v) is 5.55. The zero-order chi connectivity index (χ0) is 18.0. The normalized spacial score (nSPS) is 22.6. The number of ether oxygens (including phenoxy) is 3. The van der Waals surface area contributed by atoms with Crippen LogP contribution in [0.3, 0.4) is 0 Å². The molecular formula is C18H16Cl2N2O3S. The Kier molecular flexibility index (Phi) is 5.20. The second-order valence-electron chi connectivity index (χ2n) is 5.90. The van der Waals surface area contributed by atoms with E-state index < -0.39 is 5.79 Å². The van der Waals surface area contributed by atoms with Crippen molar-refractivity contribution in [2.45, 2.75) is 18.4 Å². The number of thiophene rings is 1. The first kappa shape index (κ1) is 17.8. The van der Waals surface area contributed by atoms with Crippen LogP contribution in [0.5, 0.6) is 5.75 Å². The van der Waals surface area contributed by atoms with Crippen LogP contribution in [0.2, 0.25) is 10.0 Å². The molecule has 4 rings (SSSR count). The average Bonchev–Trinajstić information content (AvgIpc) is 3.37. The van der Waals surface area contributed by atoms with E-state index in [0.717, 1.165) is 4.88 Å². The van der Waals surface area contributed by atoms with Gasteiger partial charge in [-0.15, -0.1) is 11.3 Å². The van der Waals surface area contributed by atoms with Gasteiger partial charge in [0.15, 0.2) is 0 Å². The molecule has 1 saturated heterocycles. The van der Waals surface area contributed by atoms with Gasteiger partial charge in [-0.25, -0.2) is 4.98 Å². The Morgan fingerprint density at radius 2 is 2.27 bits per heavy atom. The van der Waals surface area contributed by atoms with E-state index in [1.807, 2.05) is 28.3 Å². The lowest BCUT2D eigenvalue weighted by Crippen LogP contribution is -2.33. The van der Waals surface area contributed by atoms with E-state index in [4.69, 9.17) is 37.4 Å². The Labute approximate surface area is 165 Å². The molecule has 0 N–H and O–H groups in total. The summed E-state index contributed by atoms with van der Waals surface area (Å²) in [6, 6.07) is 9.14. The Hall–Kier alpha value is -1.57. The molecule has 0 radical (unpaired) electrons. The van der Waals surface area contributed by atoms with Crippen LogP contribution in [0.4, 0.5) is 0 Å². The van der Waals surface area contributed by atoms with Crippen molar-refractivity contribution < 1.29 is 14.2 Å². The van der Waals surface area contributed by atoms with Gasteiger partial charge in [0.2, 0.25) is 5.79 Å². The maximum absolute atomic E-state index is 6.30. The van der Waals surface area contributed by atoms with Crippen LogP contribution in [0.1, 0.15) is 4.88 Å². The van der Waals surface area contributed by atoms with Gasteiger partial charge in [0.25, 0.3) is 0 Å². The predicted octanol–water partition coefficient (Wildman–Crippen LogP) is 4.60. The minimum Gasteiger partial charge on any atom is -0.489 e. The van der Waals surface area contributed by atoms with Gasteiger partial charge in [-0.2, -0.15) is 0 Å². The molecule has 1 aromatic carbocycles. The van der Waals surface area contributed by atoms with Crippen LogP contribution >= 0.6 is 34.5 Å². The number of rotatable bonds is 6. The largest absolute Gasteiger partial charge is 0.489 e. The Balaban J connectivity index is 1.47. The van der Waals surface area contributed by atoms with E-state index in [0.29, 0.717) is 35.6 Å². The quantitative estimate of drug-likeness (QED) is 0.595. The molecule has 8 heteroatoms. The zero-order valence-electron chi connectivity index (χ0n) is 13.7. The van der Waals surface area contributed by atoms with E-state index in [1.54, 1.807) is 42.1 Å². The van der Waals surface area contributed by atoms with Gasteiger partial charge in [-0.3, -0.25) is 0 Å². The highest BCUT2D eigenvalue weighted by atomic mass is 35.5. The molecule has 0 saturated carbocycles. The number of hydrogen-bond donors (Lipinski definition) is 0. The summed E-state index contributed by atoms with van der Waals surface area (Å²) in [5.74, 6) is -0.268. The first-order valence-corrected chi connectivity index (χ1v) is 9.67. The topological polar surface area (TPSA) is 45.5 Å². The average molecular weight is 411 g/mol. The standard InChI is InChI=1S/C18H16Cl2N2O3S/c19-13-3-4-16(15(20)8-13)23-9-14-10-24-18(25-14,17-2-1-7-26-17)11-22-6-5-21-12-22/h1-8,12,14H,9-11H2. The van der Waals surface area contributed by atoms with E-state index in [-0.39, 0.29) is 6.10 Å². The highest BCUT2D eigenvalue weighted by molar-refractivity contribution is 7.10. The summed E-state index contributed by atoms with van der Waals surface area (Å²) >= 11 is 13.7. The summed E-state index contributed by atoms with van der Waals surface area (Å²) in [5, 5.41) is 3.05. The van der Waals surface area contributed by atoms with Crippen molar-refractivity contribution in [3.05, 3.63) is 69.4 Å². The maximum Gasteiger partial charge on any atom is 0.223 e. The molecule has 3 aromatic rings. The van der Waals surface area contributed by atoms with E-state index in [2.05, 4.69) is 4.98 Å². The summed E-state index contributed by atoms with van der Waals surface area (Å²) < 4.78 is 20.2. The SMILES string of the molecule is Clc1ccc(OCC2COC(Cn3ccnc3)(c3cccs3)O2)c(Cl)c1. The van der Waals surface area contributed by atoms with Crippen LogP contribution in [0.25, 0.3) is 0 Å². The molecule has 26 heavy (non-hydrogen) atoms. The van der Waals surface area contributed by atoms with Crippen molar-refractivity contribution in [1.82, 2.24) is 9.55 Å². The van der Waals surface area contributed by atoms with Crippen LogP contribution in [0.15, 0.2) is 54.4 Å². The van der Waals surface area contributed by atoms with Gasteiger partial charge in [-0.1, -0.05) is 29.3 Å². The fourth-order valence-corrected chi connectivity index (χ4v) is 4.10. The van der Waals surface area contributed by atoms with E-state index in [1.165, 1.54) is 0 Å². The zero-order valence-corrected chi connectivity index (χ0v) is 16.0. The monoisotopic (exact) mass is 410 g/mol. The van der Waals surface area contributed by atoms with Crippen LogP contribution in [-0.4, -0.2) is 28.9 Å². The highest BCUT2D eigenvalue weighted by Gasteiger charge is 2.44. The summed E-state index contributed by atoms with van der Waals surface area (Å²) in [4.78, 5) is 5.11. The molecule has 2 aromatic heterocycles. The molecule has 1 aliphatic heterocycles. The third kappa shape index (κ3) is 3.75. The van der Waals surface area contributed by atoms with Crippen LogP contribution in [-0.2, 0) is 21.8 Å². The first-order chi connectivity index (χ1) is 12.6. The summed E-state index contributed by atoms with van der Waals surface area (Å²) in [5.41, 5.74) is 0. The maximum atomic E-state index is 6.30. The molecule has 1 fully saturated rings. The van der Waals surface area contributed by atoms with Crippen molar-refractivity contribution in [1.29, 1.82) is 0 Å². The highest BCUT2D eigenvalue weighted by Crippen LogP contribution is 2.39. The molecule has 136 valence electrons. The minimum absolute atomic E-state index is 0.215. The number of nitrogens with zero attached hydrogens (tertiary/aromatic N) is 2. The van der Waals surface area contributed by atoms with Gasteiger partial charge in [0.1, 0.15) is 18.5 Å². The molecule has 0 spiro atoms. The number of benzene rings is 1. The van der Waals surface area contributed by atoms with Gasteiger partial charge >= 0.3 is 0 Å². The molecule has 3 heterocycles. The molecule has 1 aliphatic rings. The van der Waals surface area contributed by atoms with Gasteiger partial charge in [0.05, 0.1) is 29.4 Å². The number of aromatic nitrogens is 2.